The number of ether oxygens (including phenoxy) is 1. The number of likely N-dealkylation sites (tertiary alicyclic amines) is 1. The Morgan fingerprint density at radius 2 is 2.00 bits per heavy atom. The van der Waals surface area contributed by atoms with Crippen LogP contribution in [0, 0.1) is 5.92 Å². The molecule has 6 nitrogen and oxygen atoms in total. The fraction of sp³-hybridized carbons (Fsp3) is 0.800. The molecule has 0 unspecified atom stereocenters. The second-order valence-electron chi connectivity index (χ2n) is 8.09. The fourth-order valence-corrected chi connectivity index (χ4v) is 4.15. The van der Waals surface area contributed by atoms with E-state index in [0.29, 0.717) is 19.7 Å². The molecule has 0 radical (unpaired) electrons. The normalized spacial score (nSPS) is 21.2. The summed E-state index contributed by atoms with van der Waals surface area (Å²) in [5.74, 6) is 0.970. The van der Waals surface area contributed by atoms with Crippen molar-refractivity contribution in [3.05, 3.63) is 17.0 Å². The molecule has 3 aliphatic rings. The summed E-state index contributed by atoms with van der Waals surface area (Å²) in [6, 6.07) is 0. The van der Waals surface area contributed by atoms with Crippen molar-refractivity contribution >= 4 is 5.91 Å². The van der Waals surface area contributed by atoms with E-state index in [0.717, 1.165) is 50.7 Å². The number of nitrogens with zero attached hydrogens (tertiary/aromatic N) is 3. The predicted octanol–water partition coefficient (Wildman–Crippen LogP) is 1.90. The van der Waals surface area contributed by atoms with Crippen LogP contribution in [0.5, 0.6) is 0 Å². The number of fused-ring (bicyclic) bond motifs is 1. The van der Waals surface area contributed by atoms with E-state index in [9.17, 15) is 4.79 Å². The molecule has 1 N–H and O–H groups in total. The van der Waals surface area contributed by atoms with Crippen molar-refractivity contribution in [3.63, 3.8) is 0 Å². The highest BCUT2D eigenvalue weighted by Crippen LogP contribution is 2.32. The van der Waals surface area contributed by atoms with Gasteiger partial charge < -0.3 is 10.1 Å². The molecule has 2 aliphatic heterocycles. The van der Waals surface area contributed by atoms with Crippen molar-refractivity contribution in [1.82, 2.24) is 20.0 Å². The van der Waals surface area contributed by atoms with Crippen molar-refractivity contribution in [2.75, 3.05) is 32.8 Å². The van der Waals surface area contributed by atoms with E-state index in [1.54, 1.807) is 0 Å². The lowest BCUT2D eigenvalue weighted by Gasteiger charge is -2.19. The van der Waals surface area contributed by atoms with Gasteiger partial charge in [-0.1, -0.05) is 12.8 Å². The number of carbonyl (C=O) groups excluding carboxylic acids is 1. The maximum absolute atomic E-state index is 12.3. The Balaban J connectivity index is 1.28. The smallest absolute Gasteiger partial charge is 0.234 e. The largest absolute Gasteiger partial charge is 0.376 e. The Morgan fingerprint density at radius 1 is 1.19 bits per heavy atom. The van der Waals surface area contributed by atoms with E-state index in [2.05, 4.69) is 14.9 Å². The minimum atomic E-state index is 0.148. The molecule has 0 aromatic carbocycles. The van der Waals surface area contributed by atoms with Crippen molar-refractivity contribution in [2.45, 2.75) is 64.5 Å². The van der Waals surface area contributed by atoms with Gasteiger partial charge in [-0.3, -0.25) is 14.4 Å². The van der Waals surface area contributed by atoms with Crippen LogP contribution in [0.2, 0.25) is 0 Å². The quantitative estimate of drug-likeness (QED) is 0.807. The molecule has 0 atom stereocenters. The van der Waals surface area contributed by atoms with Gasteiger partial charge in [0.1, 0.15) is 0 Å². The monoisotopic (exact) mass is 360 g/mol. The molecule has 26 heavy (non-hydrogen) atoms. The number of amides is 1. The van der Waals surface area contributed by atoms with Crippen LogP contribution in [-0.4, -0.2) is 53.4 Å². The van der Waals surface area contributed by atoms with Gasteiger partial charge in [0.25, 0.3) is 0 Å². The molecule has 4 rings (SSSR count). The lowest BCUT2D eigenvalue weighted by Crippen LogP contribution is -2.38. The molecule has 0 spiro atoms. The van der Waals surface area contributed by atoms with Crippen LogP contribution < -0.4 is 5.32 Å². The van der Waals surface area contributed by atoms with Gasteiger partial charge in [-0.2, -0.15) is 5.10 Å². The first-order chi connectivity index (χ1) is 12.8. The zero-order valence-corrected chi connectivity index (χ0v) is 15.8. The number of carbonyl (C=O) groups is 1. The standard InChI is InChI=1S/C20H32N4O2/c25-20(14-23-10-3-1-2-4-11-23)21-9-7-18-17-15-26-12-8-19(17)24(22-18)13-16-5-6-16/h16H,1-15H2,(H,21,25). The first-order valence-corrected chi connectivity index (χ1v) is 10.4. The summed E-state index contributed by atoms with van der Waals surface area (Å²) in [5.41, 5.74) is 3.77. The van der Waals surface area contributed by atoms with Crippen molar-refractivity contribution in [3.8, 4) is 0 Å². The van der Waals surface area contributed by atoms with Crippen molar-refractivity contribution < 1.29 is 9.53 Å². The third kappa shape index (κ3) is 4.65. The van der Waals surface area contributed by atoms with Crippen LogP contribution in [0.25, 0.3) is 0 Å². The SMILES string of the molecule is O=C(CN1CCCCCC1)NCCc1nn(CC2CC2)c2c1COCC2. The van der Waals surface area contributed by atoms with Gasteiger partial charge in [-0.25, -0.2) is 0 Å². The van der Waals surface area contributed by atoms with Gasteiger partial charge in [0.05, 0.1) is 25.5 Å². The van der Waals surface area contributed by atoms with Crippen LogP contribution in [0.4, 0.5) is 0 Å². The number of nitrogens with one attached hydrogen (secondary N) is 1. The molecule has 3 heterocycles. The third-order valence-electron chi connectivity index (χ3n) is 5.86. The van der Waals surface area contributed by atoms with Gasteiger partial charge in [0.2, 0.25) is 5.91 Å². The van der Waals surface area contributed by atoms with E-state index in [4.69, 9.17) is 9.84 Å². The molecule has 6 heteroatoms. The van der Waals surface area contributed by atoms with Gasteiger partial charge in [-0.15, -0.1) is 0 Å². The summed E-state index contributed by atoms with van der Waals surface area (Å²) in [7, 11) is 0. The average Bonchev–Trinajstić information content (AvgIpc) is 3.43. The van der Waals surface area contributed by atoms with E-state index in [-0.39, 0.29) is 5.91 Å². The third-order valence-corrected chi connectivity index (χ3v) is 5.86. The molecular weight excluding hydrogens is 328 g/mol. The summed E-state index contributed by atoms with van der Waals surface area (Å²) >= 11 is 0. The average molecular weight is 361 g/mol. The predicted molar refractivity (Wildman–Crippen MR) is 99.9 cm³/mol. The van der Waals surface area contributed by atoms with Gasteiger partial charge >= 0.3 is 0 Å². The highest BCUT2D eigenvalue weighted by Gasteiger charge is 2.27. The molecule has 1 aromatic heterocycles. The van der Waals surface area contributed by atoms with E-state index in [1.165, 1.54) is 49.8 Å². The molecular formula is C20H32N4O2. The van der Waals surface area contributed by atoms with Crippen LogP contribution in [-0.2, 0) is 35.5 Å². The van der Waals surface area contributed by atoms with Crippen LogP contribution in [0.15, 0.2) is 0 Å². The lowest BCUT2D eigenvalue weighted by molar-refractivity contribution is -0.122. The van der Waals surface area contributed by atoms with Crippen molar-refractivity contribution in [2.24, 2.45) is 5.92 Å². The summed E-state index contributed by atoms with van der Waals surface area (Å²) in [6.45, 7) is 5.86. The fourth-order valence-electron chi connectivity index (χ4n) is 4.15. The molecule has 144 valence electrons. The molecule has 1 aromatic rings. The highest BCUT2D eigenvalue weighted by atomic mass is 16.5. The topological polar surface area (TPSA) is 59.4 Å². The molecule has 2 fully saturated rings. The second kappa shape index (κ2) is 8.53. The summed E-state index contributed by atoms with van der Waals surface area (Å²) < 4.78 is 7.89. The first-order valence-electron chi connectivity index (χ1n) is 10.4. The van der Waals surface area contributed by atoms with Gasteiger partial charge in [-0.05, 0) is 44.7 Å². The van der Waals surface area contributed by atoms with Crippen LogP contribution in [0.3, 0.4) is 0 Å². The Kier molecular flexibility index (Phi) is 5.90. The molecule has 0 bridgehead atoms. The molecule has 1 saturated carbocycles. The number of aromatic nitrogens is 2. The highest BCUT2D eigenvalue weighted by molar-refractivity contribution is 5.78. The Bertz CT molecular complexity index is 616. The van der Waals surface area contributed by atoms with Crippen LogP contribution >= 0.6 is 0 Å². The summed E-state index contributed by atoms with van der Waals surface area (Å²) in [4.78, 5) is 14.6. The van der Waals surface area contributed by atoms with Gasteiger partial charge in [0, 0.05) is 37.2 Å². The van der Waals surface area contributed by atoms with E-state index in [1.807, 2.05) is 0 Å². The Hall–Kier alpha value is -1.40. The maximum Gasteiger partial charge on any atom is 0.234 e. The Morgan fingerprint density at radius 3 is 2.77 bits per heavy atom. The first kappa shape index (κ1) is 18.0. The maximum atomic E-state index is 12.3. The lowest BCUT2D eigenvalue weighted by atomic mass is 10.1. The van der Waals surface area contributed by atoms with E-state index < -0.39 is 0 Å². The summed E-state index contributed by atoms with van der Waals surface area (Å²) in [6.07, 6.45) is 9.49. The van der Waals surface area contributed by atoms with E-state index >= 15 is 0 Å². The van der Waals surface area contributed by atoms with Crippen molar-refractivity contribution in [1.29, 1.82) is 0 Å². The Labute approximate surface area is 156 Å². The number of rotatable bonds is 7. The molecule has 1 saturated heterocycles. The summed E-state index contributed by atoms with van der Waals surface area (Å²) in [5, 5.41) is 7.97. The zero-order chi connectivity index (χ0) is 17.8. The second-order valence-corrected chi connectivity index (χ2v) is 8.09. The zero-order valence-electron chi connectivity index (χ0n) is 15.8. The molecule has 1 aliphatic carbocycles. The minimum Gasteiger partial charge on any atom is -0.376 e. The number of hydrogen-bond acceptors (Lipinski definition) is 4. The number of hydrogen-bond donors (Lipinski definition) is 1. The van der Waals surface area contributed by atoms with Crippen LogP contribution in [0.1, 0.15) is 55.5 Å². The molecule has 1 amide bonds. The minimum absolute atomic E-state index is 0.148. The van der Waals surface area contributed by atoms with Gasteiger partial charge in [0.15, 0.2) is 0 Å².